The Kier molecular flexibility index (Phi) is 4.17. The molecule has 0 radical (unpaired) electrons. The fourth-order valence-corrected chi connectivity index (χ4v) is 1.78. The summed E-state index contributed by atoms with van der Waals surface area (Å²) >= 11 is 0. The van der Waals surface area contributed by atoms with Crippen LogP contribution in [0.2, 0.25) is 0 Å². The second-order valence-corrected chi connectivity index (χ2v) is 3.60. The molecule has 0 bridgehead atoms. The first-order valence-corrected chi connectivity index (χ1v) is 4.94. The van der Waals surface area contributed by atoms with Gasteiger partial charge in [0.25, 0.3) is 0 Å². The number of aliphatic hydroxyl groups is 1. The lowest BCUT2D eigenvalue weighted by molar-refractivity contribution is 0.185. The summed E-state index contributed by atoms with van der Waals surface area (Å²) in [5.41, 5.74) is 10.9. The van der Waals surface area contributed by atoms with E-state index in [0.29, 0.717) is 0 Å². The third kappa shape index (κ3) is 2.66. The van der Waals surface area contributed by atoms with E-state index in [2.05, 4.69) is 10.0 Å². The lowest BCUT2D eigenvalue weighted by Gasteiger charge is -2.16. The molecule has 0 fully saturated rings. The first-order valence-electron chi connectivity index (χ1n) is 4.94. The molecule has 5 nitrogen and oxygen atoms in total. The van der Waals surface area contributed by atoms with E-state index in [0.717, 1.165) is 22.4 Å². The number of aryl methyl sites for hydroxylation is 2. The summed E-state index contributed by atoms with van der Waals surface area (Å²) in [6.45, 7) is 3.83. The highest BCUT2D eigenvalue weighted by molar-refractivity contribution is 5.42. The van der Waals surface area contributed by atoms with Crippen molar-refractivity contribution < 1.29 is 9.84 Å². The number of benzene rings is 1. The minimum Gasteiger partial charge on any atom is -0.497 e. The molecule has 0 spiro atoms. The summed E-state index contributed by atoms with van der Waals surface area (Å²) < 4.78 is 5.13. The molecule has 0 heterocycles. The standard InChI is InChI=1S/C11H15N3O2/c1-7-4-9(16-3)5-8(2)11(7)10(15)6-13-14-12/h4-5,10,15H,6H2,1-3H3. The highest BCUT2D eigenvalue weighted by Crippen LogP contribution is 2.27. The largest absolute Gasteiger partial charge is 0.497 e. The Morgan fingerprint density at radius 2 is 2.00 bits per heavy atom. The first-order chi connectivity index (χ1) is 7.60. The molecule has 0 aliphatic carbocycles. The van der Waals surface area contributed by atoms with Gasteiger partial charge in [-0.3, -0.25) is 0 Å². The fraction of sp³-hybridized carbons (Fsp3) is 0.455. The number of azide groups is 1. The van der Waals surface area contributed by atoms with Crippen molar-refractivity contribution in [3.63, 3.8) is 0 Å². The molecule has 1 aromatic rings. The summed E-state index contributed by atoms with van der Waals surface area (Å²) in [5, 5.41) is 13.2. The van der Waals surface area contributed by atoms with Crippen LogP contribution in [0.25, 0.3) is 10.4 Å². The molecule has 1 aromatic carbocycles. The molecule has 1 unspecified atom stereocenters. The van der Waals surface area contributed by atoms with Crippen LogP contribution in [-0.4, -0.2) is 18.8 Å². The Hall–Kier alpha value is -1.71. The van der Waals surface area contributed by atoms with Crippen LogP contribution in [0.1, 0.15) is 22.8 Å². The van der Waals surface area contributed by atoms with Crippen molar-refractivity contribution in [2.45, 2.75) is 20.0 Å². The van der Waals surface area contributed by atoms with Crippen molar-refractivity contribution in [1.29, 1.82) is 0 Å². The van der Waals surface area contributed by atoms with Crippen molar-refractivity contribution in [2.24, 2.45) is 5.11 Å². The lowest BCUT2D eigenvalue weighted by atomic mass is 9.97. The molecule has 0 amide bonds. The van der Waals surface area contributed by atoms with E-state index in [1.807, 2.05) is 26.0 Å². The van der Waals surface area contributed by atoms with E-state index < -0.39 is 6.10 Å². The van der Waals surface area contributed by atoms with Crippen LogP contribution in [0.4, 0.5) is 0 Å². The van der Waals surface area contributed by atoms with E-state index in [4.69, 9.17) is 10.3 Å². The SMILES string of the molecule is COc1cc(C)c(C(O)CN=[N+]=[N-])c(C)c1. The van der Waals surface area contributed by atoms with E-state index in [-0.39, 0.29) is 6.54 Å². The van der Waals surface area contributed by atoms with Crippen molar-refractivity contribution in [1.82, 2.24) is 0 Å². The monoisotopic (exact) mass is 221 g/mol. The second kappa shape index (κ2) is 5.39. The minimum absolute atomic E-state index is 0.0461. The molecule has 0 aliphatic heterocycles. The zero-order valence-corrected chi connectivity index (χ0v) is 9.64. The minimum atomic E-state index is -0.762. The van der Waals surface area contributed by atoms with Gasteiger partial charge in [0.2, 0.25) is 0 Å². The normalized spacial score (nSPS) is 11.8. The van der Waals surface area contributed by atoms with E-state index in [9.17, 15) is 5.11 Å². The zero-order chi connectivity index (χ0) is 12.1. The molecule has 0 aliphatic rings. The van der Waals surface area contributed by atoms with Crippen LogP contribution >= 0.6 is 0 Å². The van der Waals surface area contributed by atoms with Gasteiger partial charge in [-0.15, -0.1) is 0 Å². The predicted molar refractivity (Wildman–Crippen MR) is 61.4 cm³/mol. The Morgan fingerprint density at radius 1 is 1.44 bits per heavy atom. The Bertz CT molecular complexity index is 402. The molecule has 16 heavy (non-hydrogen) atoms. The molecular weight excluding hydrogens is 206 g/mol. The number of hydrogen-bond acceptors (Lipinski definition) is 3. The van der Waals surface area contributed by atoms with Gasteiger partial charge in [0.05, 0.1) is 19.8 Å². The molecule has 0 aromatic heterocycles. The number of methoxy groups -OCH3 is 1. The van der Waals surface area contributed by atoms with Crippen LogP contribution in [0, 0.1) is 13.8 Å². The number of rotatable bonds is 4. The van der Waals surface area contributed by atoms with Crippen LogP contribution in [-0.2, 0) is 0 Å². The Labute approximate surface area is 94.3 Å². The van der Waals surface area contributed by atoms with Gasteiger partial charge >= 0.3 is 0 Å². The van der Waals surface area contributed by atoms with Crippen LogP contribution < -0.4 is 4.74 Å². The molecular formula is C11H15N3O2. The molecule has 0 saturated heterocycles. The van der Waals surface area contributed by atoms with Gasteiger partial charge in [0, 0.05) is 4.91 Å². The van der Waals surface area contributed by atoms with Crippen molar-refractivity contribution >= 4 is 0 Å². The van der Waals surface area contributed by atoms with Gasteiger partial charge in [-0.2, -0.15) is 0 Å². The fourth-order valence-electron chi connectivity index (χ4n) is 1.78. The average Bonchev–Trinajstić information content (AvgIpc) is 2.25. The molecule has 1 N–H and O–H groups in total. The predicted octanol–water partition coefficient (Wildman–Crippen LogP) is 2.66. The van der Waals surface area contributed by atoms with E-state index in [1.54, 1.807) is 7.11 Å². The highest BCUT2D eigenvalue weighted by Gasteiger charge is 2.13. The smallest absolute Gasteiger partial charge is 0.119 e. The maximum Gasteiger partial charge on any atom is 0.119 e. The molecule has 5 heteroatoms. The lowest BCUT2D eigenvalue weighted by Crippen LogP contribution is -2.06. The first kappa shape index (κ1) is 12.4. The zero-order valence-electron chi connectivity index (χ0n) is 9.64. The number of hydrogen-bond donors (Lipinski definition) is 1. The Morgan fingerprint density at radius 3 is 2.44 bits per heavy atom. The molecule has 1 atom stereocenters. The van der Waals surface area contributed by atoms with Crippen molar-refractivity contribution in [3.8, 4) is 5.75 Å². The van der Waals surface area contributed by atoms with E-state index >= 15 is 0 Å². The van der Waals surface area contributed by atoms with Gasteiger partial charge in [-0.1, -0.05) is 5.11 Å². The maximum absolute atomic E-state index is 9.87. The summed E-state index contributed by atoms with van der Waals surface area (Å²) in [4.78, 5) is 2.63. The molecule has 86 valence electrons. The van der Waals surface area contributed by atoms with E-state index in [1.165, 1.54) is 0 Å². The highest BCUT2D eigenvalue weighted by atomic mass is 16.5. The van der Waals surface area contributed by atoms with Crippen molar-refractivity contribution in [3.05, 3.63) is 39.3 Å². The number of nitrogens with zero attached hydrogens (tertiary/aromatic N) is 3. The number of ether oxygens (including phenoxy) is 1. The molecule has 1 rings (SSSR count). The summed E-state index contributed by atoms with van der Waals surface area (Å²) in [5.74, 6) is 0.759. The summed E-state index contributed by atoms with van der Waals surface area (Å²) in [6, 6.07) is 3.70. The van der Waals surface area contributed by atoms with Gasteiger partial charge < -0.3 is 9.84 Å². The third-order valence-electron chi connectivity index (χ3n) is 2.45. The quantitative estimate of drug-likeness (QED) is 0.482. The number of aliphatic hydroxyl groups excluding tert-OH is 1. The Balaban J connectivity index is 3.08. The topological polar surface area (TPSA) is 78.2 Å². The van der Waals surface area contributed by atoms with Crippen LogP contribution in [0.15, 0.2) is 17.2 Å². The molecule has 0 saturated carbocycles. The average molecular weight is 221 g/mol. The van der Waals surface area contributed by atoms with Gasteiger partial charge in [0.1, 0.15) is 5.75 Å². The van der Waals surface area contributed by atoms with Crippen LogP contribution in [0.5, 0.6) is 5.75 Å². The van der Waals surface area contributed by atoms with Crippen molar-refractivity contribution in [2.75, 3.05) is 13.7 Å². The maximum atomic E-state index is 9.87. The third-order valence-corrected chi connectivity index (χ3v) is 2.45. The summed E-state index contributed by atoms with van der Waals surface area (Å²) in [6.07, 6.45) is -0.762. The summed E-state index contributed by atoms with van der Waals surface area (Å²) in [7, 11) is 1.60. The van der Waals surface area contributed by atoms with Gasteiger partial charge in [-0.05, 0) is 48.2 Å². The van der Waals surface area contributed by atoms with Gasteiger partial charge in [0.15, 0.2) is 0 Å². The second-order valence-electron chi connectivity index (χ2n) is 3.60. The van der Waals surface area contributed by atoms with Gasteiger partial charge in [-0.25, -0.2) is 0 Å². The van der Waals surface area contributed by atoms with Crippen LogP contribution in [0.3, 0.4) is 0 Å².